The summed E-state index contributed by atoms with van der Waals surface area (Å²) in [4.78, 5) is 26.7. The summed E-state index contributed by atoms with van der Waals surface area (Å²) in [7, 11) is 1.53. The maximum absolute atomic E-state index is 11.7. The third kappa shape index (κ3) is 3.84. The molecule has 1 unspecified atom stereocenters. The van der Waals surface area contributed by atoms with Gasteiger partial charge in [-0.15, -0.1) is 0 Å². The normalized spacial score (nSPS) is 15.2. The van der Waals surface area contributed by atoms with Gasteiger partial charge >= 0.3 is 12.0 Å². The van der Waals surface area contributed by atoms with Gasteiger partial charge in [0.15, 0.2) is 0 Å². The van der Waals surface area contributed by atoms with Gasteiger partial charge in [0.25, 0.3) is 0 Å². The Morgan fingerprint density at radius 1 is 1.50 bits per heavy atom. The number of nitrogens with one attached hydrogen (secondary N) is 2. The van der Waals surface area contributed by atoms with E-state index in [4.69, 9.17) is 9.84 Å². The van der Waals surface area contributed by atoms with Crippen molar-refractivity contribution >= 4 is 12.0 Å². The van der Waals surface area contributed by atoms with Crippen LogP contribution in [-0.2, 0) is 11.3 Å². The van der Waals surface area contributed by atoms with Gasteiger partial charge in [0, 0.05) is 18.8 Å². The van der Waals surface area contributed by atoms with Crippen LogP contribution in [-0.4, -0.2) is 35.2 Å². The third-order valence-electron chi connectivity index (χ3n) is 3.11. The molecule has 0 saturated heterocycles. The van der Waals surface area contributed by atoms with Gasteiger partial charge in [0.1, 0.15) is 6.04 Å². The minimum atomic E-state index is -0.992. The molecule has 0 aliphatic heterocycles. The molecule has 1 fully saturated rings. The second-order valence-corrected chi connectivity index (χ2v) is 4.69. The molecule has 0 bridgehead atoms. The van der Waals surface area contributed by atoms with Crippen LogP contribution in [0.5, 0.6) is 5.88 Å². The van der Waals surface area contributed by atoms with Crippen LogP contribution in [0, 0.1) is 5.92 Å². The smallest absolute Gasteiger partial charge is 0.326 e. The van der Waals surface area contributed by atoms with E-state index in [1.54, 1.807) is 18.3 Å². The number of hydrogen-bond donors (Lipinski definition) is 3. The Labute approximate surface area is 116 Å². The number of urea groups is 1. The summed E-state index contributed by atoms with van der Waals surface area (Å²) in [6, 6.07) is 2.19. The Morgan fingerprint density at radius 3 is 2.75 bits per heavy atom. The average Bonchev–Trinajstić information content (AvgIpc) is 3.27. The number of nitrogens with zero attached hydrogens (tertiary/aromatic N) is 1. The second kappa shape index (κ2) is 6.23. The van der Waals surface area contributed by atoms with Crippen LogP contribution in [0.4, 0.5) is 4.79 Å². The highest BCUT2D eigenvalue weighted by atomic mass is 16.5. The summed E-state index contributed by atoms with van der Waals surface area (Å²) in [6.07, 6.45) is 3.29. The largest absolute Gasteiger partial charge is 0.481 e. The van der Waals surface area contributed by atoms with Crippen molar-refractivity contribution in [1.82, 2.24) is 15.6 Å². The van der Waals surface area contributed by atoms with E-state index < -0.39 is 18.0 Å². The van der Waals surface area contributed by atoms with E-state index in [1.807, 2.05) is 0 Å². The van der Waals surface area contributed by atoms with E-state index in [1.165, 1.54) is 7.11 Å². The maximum atomic E-state index is 11.7. The Bertz CT molecular complexity index is 485. The van der Waals surface area contributed by atoms with E-state index in [0.717, 1.165) is 18.4 Å². The predicted molar refractivity (Wildman–Crippen MR) is 70.3 cm³/mol. The van der Waals surface area contributed by atoms with Gasteiger partial charge in [-0.05, 0) is 24.3 Å². The first kappa shape index (κ1) is 14.1. The van der Waals surface area contributed by atoms with Gasteiger partial charge in [0.2, 0.25) is 5.88 Å². The topological polar surface area (TPSA) is 101 Å². The van der Waals surface area contributed by atoms with Crippen molar-refractivity contribution in [1.29, 1.82) is 0 Å². The number of pyridine rings is 1. The van der Waals surface area contributed by atoms with Gasteiger partial charge in [0.05, 0.1) is 7.11 Å². The van der Waals surface area contributed by atoms with Crippen LogP contribution in [0.15, 0.2) is 18.3 Å². The van der Waals surface area contributed by atoms with Crippen LogP contribution in [0.2, 0.25) is 0 Å². The number of aromatic nitrogens is 1. The van der Waals surface area contributed by atoms with Crippen molar-refractivity contribution in [2.24, 2.45) is 5.92 Å². The molecule has 1 atom stereocenters. The zero-order valence-electron chi connectivity index (χ0n) is 11.1. The van der Waals surface area contributed by atoms with Crippen molar-refractivity contribution in [3.05, 3.63) is 23.9 Å². The maximum Gasteiger partial charge on any atom is 0.326 e. The van der Waals surface area contributed by atoms with Crippen molar-refractivity contribution < 1.29 is 19.4 Å². The highest BCUT2D eigenvalue weighted by Gasteiger charge is 2.37. The number of aliphatic carboxylic acids is 1. The zero-order chi connectivity index (χ0) is 14.5. The molecule has 7 heteroatoms. The minimum absolute atomic E-state index is 0.0564. The average molecular weight is 279 g/mol. The molecule has 0 radical (unpaired) electrons. The van der Waals surface area contributed by atoms with Crippen LogP contribution in [0.25, 0.3) is 0 Å². The lowest BCUT2D eigenvalue weighted by molar-refractivity contribution is -0.139. The molecule has 1 heterocycles. The molecule has 1 aliphatic carbocycles. The molecule has 2 rings (SSSR count). The molecule has 7 nitrogen and oxygen atoms in total. The molecular weight excluding hydrogens is 262 g/mol. The summed E-state index contributed by atoms with van der Waals surface area (Å²) in [5.74, 6) is -0.437. The van der Waals surface area contributed by atoms with E-state index in [-0.39, 0.29) is 12.5 Å². The lowest BCUT2D eigenvalue weighted by Crippen LogP contribution is -2.46. The minimum Gasteiger partial charge on any atom is -0.481 e. The summed E-state index contributed by atoms with van der Waals surface area (Å²) < 4.78 is 4.93. The second-order valence-electron chi connectivity index (χ2n) is 4.69. The molecule has 2 amide bonds. The van der Waals surface area contributed by atoms with Gasteiger partial charge in [-0.2, -0.15) is 0 Å². The molecular formula is C13H17N3O4. The molecule has 0 aromatic carbocycles. The monoisotopic (exact) mass is 279 g/mol. The zero-order valence-corrected chi connectivity index (χ0v) is 11.1. The Balaban J connectivity index is 1.80. The number of carbonyl (C=O) groups excluding carboxylic acids is 1. The van der Waals surface area contributed by atoms with Crippen LogP contribution in [0.3, 0.4) is 0 Å². The van der Waals surface area contributed by atoms with E-state index in [9.17, 15) is 9.59 Å². The van der Waals surface area contributed by atoms with Gasteiger partial charge in [-0.25, -0.2) is 14.6 Å². The van der Waals surface area contributed by atoms with Crippen molar-refractivity contribution in [2.45, 2.75) is 25.4 Å². The number of amides is 2. The lowest BCUT2D eigenvalue weighted by atomic mass is 10.2. The number of carboxylic acid groups (broad SMARTS) is 1. The van der Waals surface area contributed by atoms with Crippen LogP contribution >= 0.6 is 0 Å². The number of ether oxygens (including phenoxy) is 1. The van der Waals surface area contributed by atoms with Crippen LogP contribution in [0.1, 0.15) is 18.4 Å². The fourth-order valence-electron chi connectivity index (χ4n) is 1.82. The third-order valence-corrected chi connectivity index (χ3v) is 3.11. The first-order chi connectivity index (χ1) is 9.60. The van der Waals surface area contributed by atoms with Gasteiger partial charge in [-0.3, -0.25) is 0 Å². The van der Waals surface area contributed by atoms with Crippen LogP contribution < -0.4 is 15.4 Å². The number of hydrogen-bond acceptors (Lipinski definition) is 4. The van der Waals surface area contributed by atoms with E-state index >= 15 is 0 Å². The number of rotatable bonds is 6. The summed E-state index contributed by atoms with van der Waals surface area (Å²) in [6.45, 7) is 0.278. The highest BCUT2D eigenvalue weighted by Crippen LogP contribution is 2.32. The molecule has 0 spiro atoms. The van der Waals surface area contributed by atoms with Crippen molar-refractivity contribution in [3.63, 3.8) is 0 Å². The predicted octanol–water partition coefficient (Wildman–Crippen LogP) is 0.753. The quantitative estimate of drug-likeness (QED) is 0.713. The molecule has 1 saturated carbocycles. The Hall–Kier alpha value is -2.31. The lowest BCUT2D eigenvalue weighted by Gasteiger charge is -2.14. The highest BCUT2D eigenvalue weighted by molar-refractivity contribution is 5.83. The fraction of sp³-hybridized carbons (Fsp3) is 0.462. The molecule has 1 aromatic heterocycles. The van der Waals surface area contributed by atoms with Gasteiger partial charge < -0.3 is 20.5 Å². The molecule has 1 aliphatic rings. The van der Waals surface area contributed by atoms with E-state index in [2.05, 4.69) is 15.6 Å². The molecule has 108 valence electrons. The Kier molecular flexibility index (Phi) is 4.39. The van der Waals surface area contributed by atoms with E-state index in [0.29, 0.717) is 5.88 Å². The molecule has 20 heavy (non-hydrogen) atoms. The standard InChI is InChI=1S/C13H17N3O4/c1-20-10-5-2-8(6-14-10)7-15-13(19)16-11(12(17)18)9-3-4-9/h2,5-6,9,11H,3-4,7H2,1H3,(H,17,18)(H2,15,16,19). The summed E-state index contributed by atoms with van der Waals surface area (Å²) in [5.41, 5.74) is 0.805. The first-order valence-electron chi connectivity index (χ1n) is 6.36. The number of carboxylic acids is 1. The van der Waals surface area contributed by atoms with Gasteiger partial charge in [-0.1, -0.05) is 6.07 Å². The van der Waals surface area contributed by atoms with Crippen molar-refractivity contribution in [2.75, 3.05) is 7.11 Å². The Morgan fingerprint density at radius 2 is 2.25 bits per heavy atom. The summed E-state index contributed by atoms with van der Waals surface area (Å²) >= 11 is 0. The number of methoxy groups -OCH3 is 1. The molecule has 1 aromatic rings. The summed E-state index contributed by atoms with van der Waals surface area (Å²) in [5, 5.41) is 14.1. The fourth-order valence-corrected chi connectivity index (χ4v) is 1.82. The molecule has 3 N–H and O–H groups in total. The number of carbonyl (C=O) groups is 2. The van der Waals surface area contributed by atoms with Crippen molar-refractivity contribution in [3.8, 4) is 5.88 Å². The SMILES string of the molecule is COc1ccc(CNC(=O)NC(C(=O)O)C2CC2)cn1. The first-order valence-corrected chi connectivity index (χ1v) is 6.36.